The second-order valence-corrected chi connectivity index (χ2v) is 25.2. The highest BCUT2D eigenvalue weighted by atomic mass is 32.1. The highest BCUT2D eigenvalue weighted by Gasteiger charge is 2.45. The monoisotopic (exact) mass is 1140 g/mol. The number of aromatic hydroxyl groups is 1. The number of ether oxygens (including phenoxy) is 1. The molecule has 6 N–H and O–H groups in total. The van der Waals surface area contributed by atoms with Crippen LogP contribution >= 0.6 is 11.3 Å². The number of anilines is 4. The number of phenolic OH excluding ortho intramolecular Hbond substituents is 1. The van der Waals surface area contributed by atoms with Gasteiger partial charge in [0.25, 0.3) is 0 Å². The Morgan fingerprint density at radius 3 is 2.36 bits per heavy atom. The Bertz CT molecular complexity index is 3330. The molecule has 1 saturated carbocycles. The molecular weight excluding hydrogens is 1070 g/mol. The number of likely N-dealkylation sites (tertiary alicyclic amines) is 2. The molecule has 436 valence electrons. The molecule has 2 aromatic carbocycles. The van der Waals surface area contributed by atoms with Crippen molar-refractivity contribution in [1.82, 2.24) is 40.4 Å². The van der Waals surface area contributed by atoms with Crippen molar-refractivity contribution in [2.75, 3.05) is 72.8 Å². The van der Waals surface area contributed by atoms with Crippen LogP contribution < -0.4 is 30.5 Å². The summed E-state index contributed by atoms with van der Waals surface area (Å²) in [5, 5.41) is 49.0. The van der Waals surface area contributed by atoms with Gasteiger partial charge in [0, 0.05) is 119 Å². The molecule has 4 aromatic heterocycles. The van der Waals surface area contributed by atoms with E-state index in [0.29, 0.717) is 53.3 Å². The molecule has 83 heavy (non-hydrogen) atoms. The SMILES string of the molecule is Cc1ncsc1-c1ccc([C@H](C)NC(=O)[C@@H]2C[C@@H](O)CN2C(=O)[C@@H](c2cc(N3CCC(CN4CCC(O)(C#C[C@H]5C[C@H](Oc6cc(N7C8CCC7CN(c7cc(-c9ccccc9O)nnc7N)C8)ccn6)C5)CC4)CC3)no2)C(C)C)cc1. The Kier molecular flexibility index (Phi) is 16.1. The Labute approximate surface area is 489 Å². The van der Waals surface area contributed by atoms with E-state index < -0.39 is 23.7 Å². The van der Waals surface area contributed by atoms with Crippen LogP contribution in [0.1, 0.15) is 108 Å². The van der Waals surface area contributed by atoms with E-state index in [-0.39, 0.29) is 66.6 Å². The Hall–Kier alpha value is -7.31. The Morgan fingerprint density at radius 2 is 1.65 bits per heavy atom. The summed E-state index contributed by atoms with van der Waals surface area (Å²) in [7, 11) is 0. The van der Waals surface area contributed by atoms with Crippen molar-refractivity contribution in [3.8, 4) is 45.2 Å². The van der Waals surface area contributed by atoms with Gasteiger partial charge in [-0.05, 0) is 99.6 Å². The number of carbonyl (C=O) groups excluding carboxylic acids is 2. The second-order valence-electron chi connectivity index (χ2n) is 24.3. The summed E-state index contributed by atoms with van der Waals surface area (Å²) in [6.07, 6.45) is 8.14. The molecular formula is C63H76N12O7S. The second kappa shape index (κ2) is 23.7. The first-order valence-electron chi connectivity index (χ1n) is 29.7. The van der Waals surface area contributed by atoms with Crippen LogP contribution in [0, 0.1) is 36.5 Å². The van der Waals surface area contributed by atoms with Crippen LogP contribution in [0.5, 0.6) is 11.6 Å². The maximum absolute atomic E-state index is 14.4. The minimum absolute atomic E-state index is 0.0247. The molecule has 1 aliphatic carbocycles. The van der Waals surface area contributed by atoms with Crippen molar-refractivity contribution >= 4 is 46.2 Å². The van der Waals surface area contributed by atoms with Gasteiger partial charge in [-0.3, -0.25) is 9.59 Å². The van der Waals surface area contributed by atoms with E-state index >= 15 is 0 Å². The highest BCUT2D eigenvalue weighted by Crippen LogP contribution is 2.41. The van der Waals surface area contributed by atoms with Crippen LogP contribution in [0.25, 0.3) is 21.7 Å². The minimum atomic E-state index is -0.992. The summed E-state index contributed by atoms with van der Waals surface area (Å²) in [5.41, 5.74) is 13.4. The zero-order valence-corrected chi connectivity index (χ0v) is 48.6. The highest BCUT2D eigenvalue weighted by molar-refractivity contribution is 7.13. The van der Waals surface area contributed by atoms with Crippen LogP contribution in [0.4, 0.5) is 23.0 Å². The molecule has 9 heterocycles. The maximum Gasteiger partial charge on any atom is 0.243 e. The third-order valence-corrected chi connectivity index (χ3v) is 19.2. The molecule has 6 fully saturated rings. The van der Waals surface area contributed by atoms with Crippen molar-refractivity contribution in [2.45, 2.75) is 133 Å². The Morgan fingerprint density at radius 1 is 0.904 bits per heavy atom. The predicted molar refractivity (Wildman–Crippen MR) is 319 cm³/mol. The van der Waals surface area contributed by atoms with Gasteiger partial charge < -0.3 is 60.1 Å². The minimum Gasteiger partial charge on any atom is -0.507 e. The van der Waals surface area contributed by atoms with Gasteiger partial charge in [-0.25, -0.2) is 9.97 Å². The van der Waals surface area contributed by atoms with Crippen LogP contribution in [-0.2, 0) is 9.59 Å². The van der Waals surface area contributed by atoms with Gasteiger partial charge in [-0.1, -0.05) is 67.2 Å². The lowest BCUT2D eigenvalue weighted by molar-refractivity contribution is -0.141. The van der Waals surface area contributed by atoms with Crippen LogP contribution in [0.3, 0.4) is 0 Å². The fourth-order valence-corrected chi connectivity index (χ4v) is 14.2. The van der Waals surface area contributed by atoms with Gasteiger partial charge in [0.15, 0.2) is 17.4 Å². The van der Waals surface area contributed by atoms with Crippen molar-refractivity contribution < 1.29 is 34.2 Å². The summed E-state index contributed by atoms with van der Waals surface area (Å²) < 4.78 is 12.4. The molecule has 2 bridgehead atoms. The number of hydrogen-bond acceptors (Lipinski definition) is 18. The number of thiazole rings is 1. The number of aromatic nitrogens is 5. The van der Waals surface area contributed by atoms with Crippen LogP contribution in [0.2, 0.25) is 0 Å². The number of aliphatic hydroxyl groups is 2. The smallest absolute Gasteiger partial charge is 0.243 e. The van der Waals surface area contributed by atoms with Crippen molar-refractivity contribution in [1.29, 1.82) is 0 Å². The standard InChI is InChI=1S/C63H76N12O7S/c1-38(2)58(62(79)74-36-48(76)30-53(74)61(78)67-39(3)43-9-11-44(12-10-43)59-40(4)66-37-83-59)55-32-56(70-82-55)72-23-17-41(18-24-72)33-71-25-20-63(80,21-26-71)19-15-42-27-49(28-42)81-57-29-45(16-22-65-57)75-46-13-14-47(75)35-73(34-46)52-31-51(68-69-60(52)64)50-7-5-6-8-54(50)77/h5-12,16,22,29,31-32,37-39,41-42,46-49,53,58,76-77,80H,13-14,17-18,20-21,23-28,30,33-36H2,1-4H3,(H2,64,69)(H,67,78)/t39-,42-,46?,47?,48+,49-,53-,58+/m0/s1. The number of fused-ring (bicyclic) bond motifs is 2. The lowest BCUT2D eigenvalue weighted by atomic mass is 9.81. The number of piperidine rings is 2. The number of nitrogens with two attached hydrogens (primary N) is 1. The normalized spacial score (nSPS) is 24.3. The van der Waals surface area contributed by atoms with Gasteiger partial charge in [-0.15, -0.1) is 21.5 Å². The van der Waals surface area contributed by atoms with E-state index in [0.717, 1.165) is 117 Å². The number of benzene rings is 2. The zero-order valence-electron chi connectivity index (χ0n) is 47.8. The number of nitrogens with zero attached hydrogens (tertiary/aromatic N) is 10. The predicted octanol–water partition coefficient (Wildman–Crippen LogP) is 7.59. The zero-order chi connectivity index (χ0) is 57.5. The number of nitrogen functional groups attached to an aromatic ring is 1. The molecule has 6 aromatic rings. The number of pyridine rings is 1. The topological polar surface area (TPSA) is 236 Å². The fraction of sp³-hybridized carbons (Fsp3) is 0.508. The number of para-hydroxylation sites is 1. The summed E-state index contributed by atoms with van der Waals surface area (Å²) in [6, 6.07) is 22.6. The molecule has 19 nitrogen and oxygen atoms in total. The summed E-state index contributed by atoms with van der Waals surface area (Å²) in [5.74, 6) is 8.34. The third-order valence-electron chi connectivity index (χ3n) is 18.2. The van der Waals surface area contributed by atoms with Crippen LogP contribution in [-0.4, -0.2) is 151 Å². The molecule has 0 radical (unpaired) electrons. The first kappa shape index (κ1) is 56.2. The van der Waals surface area contributed by atoms with E-state index in [1.165, 1.54) is 4.90 Å². The van der Waals surface area contributed by atoms with Gasteiger partial charge in [0.1, 0.15) is 29.4 Å². The van der Waals surface area contributed by atoms with E-state index in [9.17, 15) is 24.9 Å². The number of nitrogens with one attached hydrogen (secondary N) is 1. The summed E-state index contributed by atoms with van der Waals surface area (Å²) >= 11 is 1.60. The van der Waals surface area contributed by atoms with E-state index in [2.05, 4.69) is 74.2 Å². The summed E-state index contributed by atoms with van der Waals surface area (Å²) in [4.78, 5) is 49.4. The average molecular weight is 1150 g/mol. The van der Waals surface area contributed by atoms with Gasteiger partial charge >= 0.3 is 0 Å². The van der Waals surface area contributed by atoms with Crippen LogP contribution in [0.15, 0.2) is 89.0 Å². The van der Waals surface area contributed by atoms with E-state index in [1.807, 2.05) is 87.9 Å². The number of amides is 2. The lowest BCUT2D eigenvalue weighted by Crippen LogP contribution is -2.54. The number of phenols is 1. The average Bonchev–Trinajstić information content (AvgIpc) is 4.40. The molecule has 12 rings (SSSR count). The van der Waals surface area contributed by atoms with Gasteiger partial charge in [-0.2, -0.15) is 0 Å². The largest absolute Gasteiger partial charge is 0.507 e. The number of rotatable bonds is 15. The molecule has 0 spiro atoms. The van der Waals surface area contributed by atoms with Crippen molar-refractivity contribution in [2.24, 2.45) is 17.8 Å². The number of aryl methyl sites for hydroxylation is 1. The molecule has 2 unspecified atom stereocenters. The van der Waals surface area contributed by atoms with Gasteiger partial charge in [0.05, 0.1) is 39.6 Å². The Balaban J connectivity index is 0.574. The third kappa shape index (κ3) is 12.1. The fourth-order valence-electron chi connectivity index (χ4n) is 13.4. The first-order valence-corrected chi connectivity index (χ1v) is 30.6. The lowest BCUT2D eigenvalue weighted by Gasteiger charge is -2.43. The van der Waals surface area contributed by atoms with Crippen molar-refractivity contribution in [3.63, 3.8) is 0 Å². The molecule has 5 saturated heterocycles. The molecule has 20 heteroatoms. The molecule has 5 aliphatic heterocycles. The number of β-amino-alcohol motifs (C(OH)–C–C–N with tert-alkyl or cyclic N) is 1. The summed E-state index contributed by atoms with van der Waals surface area (Å²) in [6.45, 7) is 13.7. The molecule has 6 atom stereocenters. The van der Waals surface area contributed by atoms with Gasteiger partial charge in [0.2, 0.25) is 17.7 Å². The number of carbonyl (C=O) groups is 2. The maximum atomic E-state index is 14.4. The van der Waals surface area contributed by atoms with E-state index in [4.69, 9.17) is 15.0 Å². The number of hydrogen-bond donors (Lipinski definition) is 5. The van der Waals surface area contributed by atoms with E-state index in [1.54, 1.807) is 23.5 Å². The molecule has 2 amide bonds. The number of aliphatic hydroxyl groups excluding tert-OH is 1. The molecule has 6 aliphatic rings. The quantitative estimate of drug-likeness (QED) is 0.0623. The first-order chi connectivity index (χ1) is 40.1. The number of piperazine rings is 1. The van der Waals surface area contributed by atoms with Crippen molar-refractivity contribution in [3.05, 3.63) is 102 Å².